The van der Waals surface area contributed by atoms with E-state index in [1.807, 2.05) is 37.3 Å². The molecule has 0 radical (unpaired) electrons. The molecule has 1 amide bonds. The molecule has 0 bridgehead atoms. The first-order valence-electron chi connectivity index (χ1n) is 7.30. The maximum Gasteiger partial charge on any atom is 0.258 e. The lowest BCUT2D eigenvalue weighted by Gasteiger charge is -2.16. The number of nitrogens with one attached hydrogen (secondary N) is 1. The minimum absolute atomic E-state index is 0.142. The Hall–Kier alpha value is -2.52. The highest BCUT2D eigenvalue weighted by Gasteiger charge is 2.13. The van der Waals surface area contributed by atoms with E-state index < -0.39 is 0 Å². The number of ether oxygens (including phenoxy) is 2. The summed E-state index contributed by atoms with van der Waals surface area (Å²) >= 11 is 3.47. The van der Waals surface area contributed by atoms with Crippen molar-refractivity contribution in [1.82, 2.24) is 5.32 Å². The summed E-state index contributed by atoms with van der Waals surface area (Å²) < 4.78 is 11.6. The first kappa shape index (κ1) is 17.8. The zero-order chi connectivity index (χ0) is 17.5. The van der Waals surface area contributed by atoms with Gasteiger partial charge in [0.15, 0.2) is 18.1 Å². The van der Waals surface area contributed by atoms with Gasteiger partial charge in [0.2, 0.25) is 0 Å². The summed E-state index contributed by atoms with van der Waals surface area (Å²) in [5.41, 5.74) is 1.45. The minimum atomic E-state index is -0.246. The van der Waals surface area contributed by atoms with Crippen LogP contribution in [0, 0.1) is 11.3 Å². The lowest BCUT2D eigenvalue weighted by molar-refractivity contribution is -0.123. The van der Waals surface area contributed by atoms with Gasteiger partial charge in [-0.25, -0.2) is 0 Å². The van der Waals surface area contributed by atoms with Gasteiger partial charge in [-0.05, 0) is 30.7 Å². The Morgan fingerprint density at radius 3 is 2.71 bits per heavy atom. The molecule has 0 saturated carbocycles. The number of carbonyl (C=O) groups excluding carboxylic acids is 1. The van der Waals surface area contributed by atoms with Gasteiger partial charge in [-0.15, -0.1) is 0 Å². The van der Waals surface area contributed by atoms with Crippen LogP contribution in [-0.2, 0) is 4.79 Å². The zero-order valence-corrected chi connectivity index (χ0v) is 15.0. The molecule has 0 saturated heterocycles. The highest BCUT2D eigenvalue weighted by atomic mass is 79.9. The number of rotatable bonds is 6. The van der Waals surface area contributed by atoms with Crippen LogP contribution in [0.25, 0.3) is 0 Å². The number of hydrogen-bond donors (Lipinski definition) is 1. The van der Waals surface area contributed by atoms with Crippen molar-refractivity contribution in [3.05, 3.63) is 58.1 Å². The lowest BCUT2D eigenvalue weighted by Crippen LogP contribution is -2.31. The second kappa shape index (κ2) is 8.37. The Kier molecular flexibility index (Phi) is 6.21. The van der Waals surface area contributed by atoms with Crippen molar-refractivity contribution >= 4 is 21.8 Å². The van der Waals surface area contributed by atoms with Gasteiger partial charge in [0.05, 0.1) is 24.8 Å². The highest BCUT2D eigenvalue weighted by molar-refractivity contribution is 9.10. The number of amides is 1. The van der Waals surface area contributed by atoms with Crippen molar-refractivity contribution in [2.45, 2.75) is 13.0 Å². The number of halogens is 1. The molecule has 0 heterocycles. The average molecular weight is 389 g/mol. The lowest BCUT2D eigenvalue weighted by atomic mass is 10.1. The Morgan fingerprint density at radius 1 is 1.29 bits per heavy atom. The molecule has 2 aromatic rings. The Bertz CT molecular complexity index is 771. The molecule has 0 aliphatic carbocycles. The molecule has 124 valence electrons. The second-order valence-electron chi connectivity index (χ2n) is 5.08. The van der Waals surface area contributed by atoms with Gasteiger partial charge in [0, 0.05) is 10.5 Å². The van der Waals surface area contributed by atoms with Gasteiger partial charge in [-0.2, -0.15) is 5.26 Å². The largest absolute Gasteiger partial charge is 0.493 e. The topological polar surface area (TPSA) is 71.3 Å². The van der Waals surface area contributed by atoms with Gasteiger partial charge >= 0.3 is 0 Å². The van der Waals surface area contributed by atoms with Crippen molar-refractivity contribution in [3.63, 3.8) is 0 Å². The van der Waals surface area contributed by atoms with E-state index in [4.69, 9.17) is 14.7 Å². The van der Waals surface area contributed by atoms with E-state index in [1.54, 1.807) is 18.2 Å². The summed E-state index contributed by atoms with van der Waals surface area (Å²) in [7, 11) is 1.48. The molecule has 6 heteroatoms. The van der Waals surface area contributed by atoms with Crippen LogP contribution in [0.4, 0.5) is 0 Å². The van der Waals surface area contributed by atoms with Crippen LogP contribution in [0.5, 0.6) is 11.5 Å². The highest BCUT2D eigenvalue weighted by Crippen LogP contribution is 2.28. The molecule has 0 aromatic heterocycles. The van der Waals surface area contributed by atoms with E-state index in [-0.39, 0.29) is 18.6 Å². The van der Waals surface area contributed by atoms with E-state index in [0.717, 1.165) is 10.0 Å². The van der Waals surface area contributed by atoms with Crippen molar-refractivity contribution in [2.75, 3.05) is 13.7 Å². The fourth-order valence-electron chi connectivity index (χ4n) is 2.19. The van der Waals surface area contributed by atoms with Crippen LogP contribution in [0.2, 0.25) is 0 Å². The smallest absolute Gasteiger partial charge is 0.258 e. The molecule has 1 N–H and O–H groups in total. The molecule has 24 heavy (non-hydrogen) atoms. The summed E-state index contributed by atoms with van der Waals surface area (Å²) in [4.78, 5) is 12.1. The van der Waals surface area contributed by atoms with Crippen LogP contribution in [0.3, 0.4) is 0 Å². The van der Waals surface area contributed by atoms with Gasteiger partial charge in [-0.1, -0.05) is 34.1 Å². The summed E-state index contributed by atoms with van der Waals surface area (Å²) in [6.45, 7) is 1.76. The summed E-state index contributed by atoms with van der Waals surface area (Å²) in [5, 5.41) is 11.8. The predicted octanol–water partition coefficient (Wildman–Crippen LogP) is 3.59. The maximum absolute atomic E-state index is 12.1. The third kappa shape index (κ3) is 4.49. The standard InChI is InChI=1S/C18H17BrN2O3/c1-12(14-5-3-4-6-15(14)19)21-18(22)11-24-16-8-7-13(10-20)9-17(16)23-2/h3-9,12H,11H2,1-2H3,(H,21,22). The molecule has 2 aromatic carbocycles. The molecule has 0 spiro atoms. The number of nitriles is 1. The first-order valence-corrected chi connectivity index (χ1v) is 8.09. The summed E-state index contributed by atoms with van der Waals surface area (Å²) in [6.07, 6.45) is 0. The SMILES string of the molecule is COc1cc(C#N)ccc1OCC(=O)NC(C)c1ccccc1Br. The van der Waals surface area contributed by atoms with E-state index in [0.29, 0.717) is 17.1 Å². The van der Waals surface area contributed by atoms with Crippen LogP contribution < -0.4 is 14.8 Å². The maximum atomic E-state index is 12.1. The molecular weight excluding hydrogens is 372 g/mol. The van der Waals surface area contributed by atoms with Crippen molar-refractivity contribution in [2.24, 2.45) is 0 Å². The van der Waals surface area contributed by atoms with Gasteiger partial charge in [0.25, 0.3) is 5.91 Å². The number of carbonyl (C=O) groups is 1. The van der Waals surface area contributed by atoms with Crippen molar-refractivity contribution in [1.29, 1.82) is 5.26 Å². The fourth-order valence-corrected chi connectivity index (χ4v) is 2.81. The number of hydrogen-bond acceptors (Lipinski definition) is 4. The van der Waals surface area contributed by atoms with E-state index in [1.165, 1.54) is 7.11 Å². The Labute approximate surface area is 149 Å². The zero-order valence-electron chi connectivity index (χ0n) is 13.4. The third-order valence-corrected chi connectivity index (χ3v) is 4.12. The number of benzene rings is 2. The summed E-state index contributed by atoms with van der Waals surface area (Å²) in [6, 6.07) is 14.4. The van der Waals surface area contributed by atoms with Crippen LogP contribution in [0.1, 0.15) is 24.1 Å². The second-order valence-corrected chi connectivity index (χ2v) is 5.93. The summed E-state index contributed by atoms with van der Waals surface area (Å²) in [5.74, 6) is 0.588. The monoisotopic (exact) mass is 388 g/mol. The van der Waals surface area contributed by atoms with E-state index in [9.17, 15) is 4.79 Å². The molecular formula is C18H17BrN2O3. The predicted molar refractivity (Wildman–Crippen MR) is 93.9 cm³/mol. The van der Waals surface area contributed by atoms with Gasteiger partial charge in [0.1, 0.15) is 0 Å². The fraction of sp³-hybridized carbons (Fsp3) is 0.222. The average Bonchev–Trinajstić information content (AvgIpc) is 2.60. The molecule has 5 nitrogen and oxygen atoms in total. The van der Waals surface area contributed by atoms with Crippen LogP contribution in [0.15, 0.2) is 46.9 Å². The first-order chi connectivity index (χ1) is 11.5. The van der Waals surface area contributed by atoms with Crippen molar-refractivity contribution in [3.8, 4) is 17.6 Å². The van der Waals surface area contributed by atoms with E-state index >= 15 is 0 Å². The van der Waals surface area contributed by atoms with Gasteiger partial charge < -0.3 is 14.8 Å². The minimum Gasteiger partial charge on any atom is -0.493 e. The molecule has 1 unspecified atom stereocenters. The van der Waals surface area contributed by atoms with Crippen molar-refractivity contribution < 1.29 is 14.3 Å². The molecule has 0 aliphatic rings. The van der Waals surface area contributed by atoms with Gasteiger partial charge in [-0.3, -0.25) is 4.79 Å². The van der Waals surface area contributed by atoms with E-state index in [2.05, 4.69) is 21.2 Å². The Morgan fingerprint density at radius 2 is 2.04 bits per heavy atom. The third-order valence-electron chi connectivity index (χ3n) is 3.40. The molecule has 0 fully saturated rings. The molecule has 0 aliphatic heterocycles. The number of nitrogens with zero attached hydrogens (tertiary/aromatic N) is 1. The van der Waals surface area contributed by atoms with Crippen LogP contribution >= 0.6 is 15.9 Å². The molecule has 1 atom stereocenters. The normalized spacial score (nSPS) is 11.2. The Balaban J connectivity index is 1.96. The number of methoxy groups -OCH3 is 1. The molecule has 2 rings (SSSR count). The quantitative estimate of drug-likeness (QED) is 0.820. The van der Waals surface area contributed by atoms with Crippen LogP contribution in [-0.4, -0.2) is 19.6 Å².